The molecule has 0 aliphatic rings. The highest BCUT2D eigenvalue weighted by Gasteiger charge is 2.14. The molecule has 108 valence electrons. The van der Waals surface area contributed by atoms with Gasteiger partial charge < -0.3 is 5.32 Å². The Balaban J connectivity index is 2.54. The van der Waals surface area contributed by atoms with Crippen molar-refractivity contribution in [3.8, 4) is 5.82 Å². The first kappa shape index (κ1) is 14.8. The molecular formula is C14H20ClN5. The Morgan fingerprint density at radius 2 is 2.00 bits per heavy atom. The molecule has 0 aliphatic carbocycles. The van der Waals surface area contributed by atoms with E-state index in [1.54, 1.807) is 10.9 Å². The van der Waals surface area contributed by atoms with Crippen LogP contribution in [0.1, 0.15) is 37.4 Å². The van der Waals surface area contributed by atoms with Crippen LogP contribution in [0, 0.1) is 13.8 Å². The van der Waals surface area contributed by atoms with Crippen molar-refractivity contribution in [2.45, 2.75) is 40.5 Å². The number of aryl methyl sites for hydroxylation is 2. The summed E-state index contributed by atoms with van der Waals surface area (Å²) in [5.41, 5.74) is 1.78. The summed E-state index contributed by atoms with van der Waals surface area (Å²) in [7, 11) is 0. The summed E-state index contributed by atoms with van der Waals surface area (Å²) >= 11 is 6.09. The van der Waals surface area contributed by atoms with E-state index >= 15 is 0 Å². The number of nitrogens with zero attached hydrogens (tertiary/aromatic N) is 4. The van der Waals surface area contributed by atoms with Crippen molar-refractivity contribution in [2.75, 3.05) is 11.9 Å². The van der Waals surface area contributed by atoms with E-state index in [0.29, 0.717) is 5.02 Å². The lowest BCUT2D eigenvalue weighted by atomic mass is 10.2. The molecule has 0 saturated carbocycles. The molecule has 0 aromatic carbocycles. The fourth-order valence-corrected chi connectivity index (χ4v) is 2.13. The average Bonchev–Trinajstić information content (AvgIpc) is 2.74. The molecule has 5 nitrogen and oxygen atoms in total. The van der Waals surface area contributed by atoms with Crippen molar-refractivity contribution < 1.29 is 0 Å². The smallest absolute Gasteiger partial charge is 0.162 e. The van der Waals surface area contributed by atoms with Crippen LogP contribution in [-0.2, 0) is 6.42 Å². The molecule has 0 saturated heterocycles. The van der Waals surface area contributed by atoms with Gasteiger partial charge in [-0.2, -0.15) is 5.10 Å². The Bertz CT molecular complexity index is 586. The molecule has 0 radical (unpaired) electrons. The molecule has 0 bridgehead atoms. The van der Waals surface area contributed by atoms with Gasteiger partial charge in [0.15, 0.2) is 5.82 Å². The van der Waals surface area contributed by atoms with E-state index < -0.39 is 0 Å². The minimum Gasteiger partial charge on any atom is -0.370 e. The Hall–Kier alpha value is -1.62. The second-order valence-electron chi connectivity index (χ2n) is 4.72. The summed E-state index contributed by atoms with van der Waals surface area (Å²) in [5.74, 6) is 2.48. The molecule has 0 atom stereocenters. The van der Waals surface area contributed by atoms with Crippen LogP contribution in [0.3, 0.4) is 0 Å². The molecule has 0 fully saturated rings. The summed E-state index contributed by atoms with van der Waals surface area (Å²) in [6, 6.07) is 0. The van der Waals surface area contributed by atoms with Gasteiger partial charge in [0, 0.05) is 18.5 Å². The first-order valence-corrected chi connectivity index (χ1v) is 7.28. The maximum atomic E-state index is 6.09. The Labute approximate surface area is 124 Å². The maximum absolute atomic E-state index is 6.09. The number of rotatable bonds is 5. The Morgan fingerprint density at radius 1 is 1.25 bits per heavy atom. The van der Waals surface area contributed by atoms with Gasteiger partial charge in [-0.3, -0.25) is 0 Å². The predicted octanol–water partition coefficient (Wildman–Crippen LogP) is 3.32. The largest absolute Gasteiger partial charge is 0.370 e. The van der Waals surface area contributed by atoms with Crippen molar-refractivity contribution in [3.05, 3.63) is 28.3 Å². The van der Waals surface area contributed by atoms with Crippen molar-refractivity contribution >= 4 is 17.4 Å². The zero-order chi connectivity index (χ0) is 14.7. The predicted molar refractivity (Wildman–Crippen MR) is 81.8 cm³/mol. The first-order chi connectivity index (χ1) is 9.56. The molecule has 20 heavy (non-hydrogen) atoms. The zero-order valence-electron chi connectivity index (χ0n) is 12.4. The number of hydrogen-bond acceptors (Lipinski definition) is 4. The molecule has 2 aromatic rings. The van der Waals surface area contributed by atoms with E-state index in [-0.39, 0.29) is 0 Å². The molecule has 2 aromatic heterocycles. The van der Waals surface area contributed by atoms with E-state index in [4.69, 9.17) is 11.6 Å². The van der Waals surface area contributed by atoms with Crippen LogP contribution in [0.15, 0.2) is 6.20 Å². The summed E-state index contributed by atoms with van der Waals surface area (Å²) in [5, 5.41) is 8.33. The van der Waals surface area contributed by atoms with E-state index in [2.05, 4.69) is 34.2 Å². The van der Waals surface area contributed by atoms with Crippen LogP contribution in [0.5, 0.6) is 0 Å². The van der Waals surface area contributed by atoms with Gasteiger partial charge >= 0.3 is 0 Å². The molecule has 1 N–H and O–H groups in total. The van der Waals surface area contributed by atoms with Gasteiger partial charge in [-0.1, -0.05) is 18.5 Å². The summed E-state index contributed by atoms with van der Waals surface area (Å²) < 4.78 is 1.73. The zero-order valence-corrected chi connectivity index (χ0v) is 13.1. The van der Waals surface area contributed by atoms with E-state index in [1.165, 1.54) is 0 Å². The third-order valence-electron chi connectivity index (χ3n) is 3.04. The fourth-order valence-electron chi connectivity index (χ4n) is 2.00. The lowest BCUT2D eigenvalue weighted by molar-refractivity contribution is 0.772. The van der Waals surface area contributed by atoms with Crippen LogP contribution in [-0.4, -0.2) is 26.3 Å². The van der Waals surface area contributed by atoms with Crippen LogP contribution in [0.2, 0.25) is 5.02 Å². The number of halogens is 1. The van der Waals surface area contributed by atoms with E-state index in [1.807, 2.05) is 13.8 Å². The summed E-state index contributed by atoms with van der Waals surface area (Å²) in [4.78, 5) is 9.19. The third-order valence-corrected chi connectivity index (χ3v) is 3.41. The number of nitrogens with one attached hydrogen (secondary N) is 1. The van der Waals surface area contributed by atoms with E-state index in [0.717, 1.165) is 48.1 Å². The first-order valence-electron chi connectivity index (χ1n) is 6.90. The Morgan fingerprint density at radius 3 is 2.55 bits per heavy atom. The molecule has 2 rings (SSSR count). The normalized spacial score (nSPS) is 10.8. The minimum absolute atomic E-state index is 0.644. The molecular weight excluding hydrogens is 274 g/mol. The van der Waals surface area contributed by atoms with Crippen LogP contribution in [0.4, 0.5) is 5.82 Å². The second kappa shape index (κ2) is 6.22. The lowest BCUT2D eigenvalue weighted by Crippen LogP contribution is -2.11. The van der Waals surface area contributed by atoms with Gasteiger partial charge in [0.1, 0.15) is 11.6 Å². The minimum atomic E-state index is 0.644. The van der Waals surface area contributed by atoms with Crippen molar-refractivity contribution in [3.63, 3.8) is 0 Å². The third kappa shape index (κ3) is 2.93. The molecule has 0 unspecified atom stereocenters. The average molecular weight is 294 g/mol. The standard InChI is InChI=1S/C14H20ClN5/c1-5-7-12-17-13(16-6-2)9(3)14(18-12)20-8-11(15)10(4)19-20/h8H,5-7H2,1-4H3,(H,16,17,18). The van der Waals surface area contributed by atoms with Crippen molar-refractivity contribution in [1.29, 1.82) is 0 Å². The van der Waals surface area contributed by atoms with Crippen LogP contribution < -0.4 is 5.32 Å². The number of anilines is 1. The van der Waals surface area contributed by atoms with Crippen LogP contribution in [0.25, 0.3) is 5.82 Å². The van der Waals surface area contributed by atoms with Gasteiger partial charge in [0.05, 0.1) is 16.9 Å². The molecule has 0 aliphatic heterocycles. The molecule has 2 heterocycles. The monoisotopic (exact) mass is 293 g/mol. The number of hydrogen-bond donors (Lipinski definition) is 1. The highest BCUT2D eigenvalue weighted by Crippen LogP contribution is 2.22. The number of aromatic nitrogens is 4. The second-order valence-corrected chi connectivity index (χ2v) is 5.13. The topological polar surface area (TPSA) is 55.6 Å². The highest BCUT2D eigenvalue weighted by molar-refractivity contribution is 6.31. The van der Waals surface area contributed by atoms with Gasteiger partial charge in [0.2, 0.25) is 0 Å². The summed E-state index contributed by atoms with van der Waals surface area (Å²) in [6.07, 6.45) is 3.64. The SMILES string of the molecule is CCCc1nc(NCC)c(C)c(-n2cc(Cl)c(C)n2)n1. The quantitative estimate of drug-likeness (QED) is 0.919. The van der Waals surface area contributed by atoms with Gasteiger partial charge in [0.25, 0.3) is 0 Å². The maximum Gasteiger partial charge on any atom is 0.162 e. The van der Waals surface area contributed by atoms with Crippen molar-refractivity contribution in [1.82, 2.24) is 19.7 Å². The van der Waals surface area contributed by atoms with Crippen molar-refractivity contribution in [2.24, 2.45) is 0 Å². The summed E-state index contributed by atoms with van der Waals surface area (Å²) in [6.45, 7) is 8.86. The molecule has 0 amide bonds. The lowest BCUT2D eigenvalue weighted by Gasteiger charge is -2.13. The molecule has 0 spiro atoms. The van der Waals surface area contributed by atoms with Crippen LogP contribution >= 0.6 is 11.6 Å². The van der Waals surface area contributed by atoms with Gasteiger partial charge in [-0.15, -0.1) is 0 Å². The Kier molecular flexibility index (Phi) is 4.60. The van der Waals surface area contributed by atoms with Gasteiger partial charge in [-0.25, -0.2) is 14.6 Å². The van der Waals surface area contributed by atoms with Gasteiger partial charge in [-0.05, 0) is 27.2 Å². The molecule has 6 heteroatoms. The fraction of sp³-hybridized carbons (Fsp3) is 0.500. The highest BCUT2D eigenvalue weighted by atomic mass is 35.5. The van der Waals surface area contributed by atoms with E-state index in [9.17, 15) is 0 Å².